The van der Waals surface area contributed by atoms with Gasteiger partial charge >= 0.3 is 0 Å². The van der Waals surface area contributed by atoms with Crippen LogP contribution < -0.4 is 10.5 Å². The molecule has 0 aromatic heterocycles. The van der Waals surface area contributed by atoms with E-state index in [4.69, 9.17) is 33.7 Å². The zero-order chi connectivity index (χ0) is 14.5. The van der Waals surface area contributed by atoms with E-state index in [1.165, 1.54) is 12.1 Å². The smallest absolute Gasteiger partial charge is 0.141 e. The molecule has 0 unspecified atom stereocenters. The predicted molar refractivity (Wildman–Crippen MR) is 80.0 cm³/mol. The molecule has 0 aliphatic carbocycles. The number of para-hydroxylation sites is 1. The first-order chi connectivity index (χ1) is 9.61. The molecule has 2 N–H and O–H groups in total. The average Bonchev–Trinajstić information content (AvgIpc) is 2.40. The van der Waals surface area contributed by atoms with Crippen molar-refractivity contribution in [2.75, 3.05) is 6.54 Å². The first kappa shape index (κ1) is 15.1. The van der Waals surface area contributed by atoms with E-state index in [1.807, 2.05) is 12.1 Å². The normalized spacial score (nSPS) is 10.6. The first-order valence-corrected chi connectivity index (χ1v) is 6.91. The van der Waals surface area contributed by atoms with Crippen molar-refractivity contribution < 1.29 is 9.13 Å². The maximum atomic E-state index is 13.0. The van der Waals surface area contributed by atoms with Crippen LogP contribution in [-0.4, -0.2) is 6.54 Å². The molecular formula is C15H14Cl2FNO. The van der Waals surface area contributed by atoms with Crippen molar-refractivity contribution in [2.45, 2.75) is 13.0 Å². The van der Waals surface area contributed by atoms with E-state index in [-0.39, 0.29) is 12.4 Å². The van der Waals surface area contributed by atoms with Crippen molar-refractivity contribution in [2.24, 2.45) is 5.73 Å². The summed E-state index contributed by atoms with van der Waals surface area (Å²) >= 11 is 12.1. The van der Waals surface area contributed by atoms with E-state index in [0.29, 0.717) is 34.3 Å². The Morgan fingerprint density at radius 1 is 1.05 bits per heavy atom. The Morgan fingerprint density at radius 3 is 2.55 bits per heavy atom. The van der Waals surface area contributed by atoms with Crippen LogP contribution in [0, 0.1) is 5.82 Å². The molecule has 20 heavy (non-hydrogen) atoms. The van der Waals surface area contributed by atoms with E-state index in [9.17, 15) is 4.39 Å². The summed E-state index contributed by atoms with van der Waals surface area (Å²) in [4.78, 5) is 0. The van der Waals surface area contributed by atoms with Crippen LogP contribution in [0.2, 0.25) is 10.0 Å². The molecular weight excluding hydrogens is 300 g/mol. The standard InChI is InChI=1S/C15H14Cl2FNO/c16-13-3-1-2-10(6-7-19)15(13)20-9-11-4-5-12(18)8-14(11)17/h1-5,8H,6-7,9,19H2. The van der Waals surface area contributed by atoms with E-state index in [0.717, 1.165) is 5.56 Å². The van der Waals surface area contributed by atoms with Crippen LogP contribution in [0.25, 0.3) is 0 Å². The molecule has 0 spiro atoms. The lowest BCUT2D eigenvalue weighted by Gasteiger charge is -2.13. The average molecular weight is 314 g/mol. The summed E-state index contributed by atoms with van der Waals surface area (Å²) in [5.41, 5.74) is 7.21. The maximum Gasteiger partial charge on any atom is 0.141 e. The van der Waals surface area contributed by atoms with Gasteiger partial charge in [-0.25, -0.2) is 4.39 Å². The van der Waals surface area contributed by atoms with Crippen molar-refractivity contribution in [3.8, 4) is 5.75 Å². The second-order valence-corrected chi connectivity index (χ2v) is 5.11. The van der Waals surface area contributed by atoms with Gasteiger partial charge in [0.25, 0.3) is 0 Å². The Labute approximate surface area is 127 Å². The van der Waals surface area contributed by atoms with Crippen LogP contribution in [0.3, 0.4) is 0 Å². The van der Waals surface area contributed by atoms with Crippen molar-refractivity contribution in [1.82, 2.24) is 0 Å². The fourth-order valence-electron chi connectivity index (χ4n) is 1.86. The van der Waals surface area contributed by atoms with Gasteiger partial charge in [0.1, 0.15) is 18.2 Å². The van der Waals surface area contributed by atoms with Crippen LogP contribution in [0.4, 0.5) is 4.39 Å². The molecule has 5 heteroatoms. The van der Waals surface area contributed by atoms with Crippen LogP contribution in [0.1, 0.15) is 11.1 Å². The number of hydrogen-bond donors (Lipinski definition) is 1. The fourth-order valence-corrected chi connectivity index (χ4v) is 2.33. The number of nitrogens with two attached hydrogens (primary N) is 1. The Bertz CT molecular complexity index is 604. The molecule has 2 aromatic carbocycles. The molecule has 0 aliphatic heterocycles. The monoisotopic (exact) mass is 313 g/mol. The summed E-state index contributed by atoms with van der Waals surface area (Å²) < 4.78 is 18.7. The zero-order valence-electron chi connectivity index (χ0n) is 10.7. The molecule has 0 fully saturated rings. The van der Waals surface area contributed by atoms with Crippen molar-refractivity contribution in [1.29, 1.82) is 0 Å². The van der Waals surface area contributed by atoms with Crippen LogP contribution in [0.5, 0.6) is 5.75 Å². The van der Waals surface area contributed by atoms with Gasteiger partial charge in [-0.1, -0.05) is 41.4 Å². The highest BCUT2D eigenvalue weighted by molar-refractivity contribution is 6.32. The molecule has 0 saturated heterocycles. The Kier molecular flexibility index (Phi) is 5.24. The summed E-state index contributed by atoms with van der Waals surface area (Å²) in [6.45, 7) is 0.731. The number of hydrogen-bond acceptors (Lipinski definition) is 2. The fraction of sp³-hybridized carbons (Fsp3) is 0.200. The minimum absolute atomic E-state index is 0.223. The molecule has 2 aromatic rings. The molecule has 2 nitrogen and oxygen atoms in total. The van der Waals surface area contributed by atoms with Gasteiger partial charge in [0, 0.05) is 5.56 Å². The number of ether oxygens (including phenoxy) is 1. The zero-order valence-corrected chi connectivity index (χ0v) is 12.2. The Balaban J connectivity index is 2.18. The summed E-state index contributed by atoms with van der Waals surface area (Å²) in [7, 11) is 0. The summed E-state index contributed by atoms with van der Waals surface area (Å²) in [5.74, 6) is 0.223. The highest BCUT2D eigenvalue weighted by Gasteiger charge is 2.09. The third-order valence-corrected chi connectivity index (χ3v) is 3.50. The largest absolute Gasteiger partial charge is 0.487 e. The second-order valence-electron chi connectivity index (χ2n) is 4.29. The topological polar surface area (TPSA) is 35.2 Å². The predicted octanol–water partition coefficient (Wildman–Crippen LogP) is 4.21. The van der Waals surface area contributed by atoms with E-state index in [2.05, 4.69) is 0 Å². The summed E-state index contributed by atoms with van der Waals surface area (Å²) in [6, 6.07) is 9.72. The molecule has 0 amide bonds. The van der Waals surface area contributed by atoms with Gasteiger partial charge in [0.05, 0.1) is 10.0 Å². The van der Waals surface area contributed by atoms with Crippen LogP contribution >= 0.6 is 23.2 Å². The molecule has 0 bridgehead atoms. The molecule has 2 rings (SSSR count). The lowest BCUT2D eigenvalue weighted by Crippen LogP contribution is -2.06. The second kappa shape index (κ2) is 6.93. The van der Waals surface area contributed by atoms with Gasteiger partial charge in [-0.15, -0.1) is 0 Å². The molecule has 106 valence electrons. The van der Waals surface area contributed by atoms with Gasteiger partial charge in [-0.05, 0) is 36.7 Å². The van der Waals surface area contributed by atoms with E-state index in [1.54, 1.807) is 12.1 Å². The molecule has 0 saturated carbocycles. The molecule has 0 aliphatic rings. The minimum Gasteiger partial charge on any atom is -0.487 e. The summed E-state index contributed by atoms with van der Waals surface area (Å²) in [6.07, 6.45) is 0.674. The minimum atomic E-state index is -0.375. The third kappa shape index (κ3) is 3.63. The molecule has 0 atom stereocenters. The van der Waals surface area contributed by atoms with Crippen molar-refractivity contribution >= 4 is 23.2 Å². The lowest BCUT2D eigenvalue weighted by molar-refractivity contribution is 0.303. The lowest BCUT2D eigenvalue weighted by atomic mass is 10.1. The van der Waals surface area contributed by atoms with Crippen molar-refractivity contribution in [3.05, 3.63) is 63.4 Å². The summed E-state index contributed by atoms with van der Waals surface area (Å²) in [5, 5.41) is 0.853. The van der Waals surface area contributed by atoms with Gasteiger partial charge in [0.15, 0.2) is 0 Å². The van der Waals surface area contributed by atoms with Crippen molar-refractivity contribution in [3.63, 3.8) is 0 Å². The SMILES string of the molecule is NCCc1cccc(Cl)c1OCc1ccc(F)cc1Cl. The highest BCUT2D eigenvalue weighted by Crippen LogP contribution is 2.30. The highest BCUT2D eigenvalue weighted by atomic mass is 35.5. The number of benzene rings is 2. The Hall–Kier alpha value is -1.29. The Morgan fingerprint density at radius 2 is 1.85 bits per heavy atom. The quantitative estimate of drug-likeness (QED) is 0.897. The van der Waals surface area contributed by atoms with Gasteiger partial charge < -0.3 is 10.5 Å². The molecule has 0 heterocycles. The van der Waals surface area contributed by atoms with Gasteiger partial charge in [0.2, 0.25) is 0 Å². The molecule has 0 radical (unpaired) electrons. The van der Waals surface area contributed by atoms with Gasteiger partial charge in [-0.2, -0.15) is 0 Å². The number of halogens is 3. The maximum absolute atomic E-state index is 13.0. The third-order valence-electron chi connectivity index (χ3n) is 2.85. The van der Waals surface area contributed by atoms with E-state index < -0.39 is 0 Å². The van der Waals surface area contributed by atoms with E-state index >= 15 is 0 Å². The van der Waals surface area contributed by atoms with Crippen LogP contribution in [0.15, 0.2) is 36.4 Å². The first-order valence-electron chi connectivity index (χ1n) is 6.16. The van der Waals surface area contributed by atoms with Crippen LogP contribution in [-0.2, 0) is 13.0 Å². The number of rotatable bonds is 5. The van der Waals surface area contributed by atoms with Gasteiger partial charge in [-0.3, -0.25) is 0 Å².